The van der Waals surface area contributed by atoms with Gasteiger partial charge in [0.05, 0.1) is 19.8 Å². The lowest BCUT2D eigenvalue weighted by atomic mass is 9.83. The van der Waals surface area contributed by atoms with E-state index in [-0.39, 0.29) is 5.54 Å². The molecule has 96 valence electrons. The highest BCUT2D eigenvalue weighted by molar-refractivity contribution is 6.18. The van der Waals surface area contributed by atoms with Crippen LogP contribution >= 0.6 is 11.6 Å². The maximum Gasteiger partial charge on any atom is 0.0700 e. The van der Waals surface area contributed by atoms with Crippen LogP contribution in [0.15, 0.2) is 0 Å². The van der Waals surface area contributed by atoms with Crippen molar-refractivity contribution >= 4 is 11.6 Å². The van der Waals surface area contributed by atoms with Gasteiger partial charge in [-0.25, -0.2) is 0 Å². The molecule has 0 amide bonds. The summed E-state index contributed by atoms with van der Waals surface area (Å²) in [5.74, 6) is 0.713. The van der Waals surface area contributed by atoms with Gasteiger partial charge in [0.25, 0.3) is 0 Å². The minimum Gasteiger partial charge on any atom is -0.382 e. The van der Waals surface area contributed by atoms with Gasteiger partial charge in [-0.3, -0.25) is 0 Å². The Morgan fingerprint density at radius 3 is 2.50 bits per heavy atom. The monoisotopic (exact) mass is 249 g/mol. The molecule has 0 unspecified atom stereocenters. The van der Waals surface area contributed by atoms with E-state index < -0.39 is 0 Å². The Labute approximate surface area is 104 Å². The summed E-state index contributed by atoms with van der Waals surface area (Å²) in [4.78, 5) is 0. The average Bonchev–Trinajstić information content (AvgIpc) is 2.35. The highest BCUT2D eigenvalue weighted by Gasteiger charge is 2.29. The molecule has 1 N–H and O–H groups in total. The number of rotatable bonds is 8. The second-order valence-electron chi connectivity index (χ2n) is 4.51. The van der Waals surface area contributed by atoms with Crippen LogP contribution in [0.1, 0.15) is 32.1 Å². The molecule has 0 aromatic carbocycles. The van der Waals surface area contributed by atoms with E-state index in [0.717, 1.165) is 13.2 Å². The zero-order chi connectivity index (χ0) is 11.7. The smallest absolute Gasteiger partial charge is 0.0700 e. The fourth-order valence-corrected chi connectivity index (χ4v) is 2.58. The van der Waals surface area contributed by atoms with Gasteiger partial charge in [0.2, 0.25) is 0 Å². The summed E-state index contributed by atoms with van der Waals surface area (Å²) < 4.78 is 10.3. The van der Waals surface area contributed by atoms with E-state index in [1.54, 1.807) is 7.11 Å². The van der Waals surface area contributed by atoms with Crippen molar-refractivity contribution in [2.24, 2.45) is 0 Å². The molecule has 0 saturated heterocycles. The molecule has 1 aliphatic carbocycles. The van der Waals surface area contributed by atoms with Gasteiger partial charge in [0, 0.05) is 25.1 Å². The number of methoxy groups -OCH3 is 1. The Morgan fingerprint density at radius 2 is 1.88 bits per heavy atom. The first-order chi connectivity index (χ1) is 7.83. The van der Waals surface area contributed by atoms with Crippen LogP contribution in [0.5, 0.6) is 0 Å². The molecule has 0 radical (unpaired) electrons. The van der Waals surface area contributed by atoms with Gasteiger partial charge in [0.1, 0.15) is 0 Å². The zero-order valence-corrected chi connectivity index (χ0v) is 11.0. The molecule has 0 atom stereocenters. The fraction of sp³-hybridized carbons (Fsp3) is 1.00. The SMILES string of the molecule is COCCOCCNC1(CCl)CCCCC1. The summed E-state index contributed by atoms with van der Waals surface area (Å²) in [6, 6.07) is 0. The summed E-state index contributed by atoms with van der Waals surface area (Å²) in [5.41, 5.74) is 0.171. The quantitative estimate of drug-likeness (QED) is 0.528. The number of nitrogens with one attached hydrogen (secondary N) is 1. The lowest BCUT2D eigenvalue weighted by molar-refractivity contribution is 0.0679. The van der Waals surface area contributed by atoms with Gasteiger partial charge in [-0.2, -0.15) is 0 Å². The van der Waals surface area contributed by atoms with Crippen molar-refractivity contribution in [3.05, 3.63) is 0 Å². The number of alkyl halides is 1. The first kappa shape index (κ1) is 14.2. The van der Waals surface area contributed by atoms with Gasteiger partial charge < -0.3 is 14.8 Å². The third-order valence-electron chi connectivity index (χ3n) is 3.24. The number of ether oxygens (including phenoxy) is 2. The van der Waals surface area contributed by atoms with Gasteiger partial charge in [-0.05, 0) is 12.8 Å². The molecule has 0 spiro atoms. The predicted octanol–water partition coefficient (Wildman–Crippen LogP) is 2.18. The molecular weight excluding hydrogens is 226 g/mol. The maximum atomic E-state index is 6.08. The van der Waals surface area contributed by atoms with Crippen molar-refractivity contribution in [3.8, 4) is 0 Å². The number of hydrogen-bond acceptors (Lipinski definition) is 3. The van der Waals surface area contributed by atoms with Crippen molar-refractivity contribution in [1.29, 1.82) is 0 Å². The minimum absolute atomic E-state index is 0.171. The Hall–Kier alpha value is 0.170. The summed E-state index contributed by atoms with van der Waals surface area (Å²) in [6.07, 6.45) is 6.35. The van der Waals surface area contributed by atoms with E-state index in [4.69, 9.17) is 21.1 Å². The van der Waals surface area contributed by atoms with Crippen molar-refractivity contribution in [2.75, 3.05) is 39.4 Å². The summed E-state index contributed by atoms with van der Waals surface area (Å²) in [7, 11) is 1.69. The van der Waals surface area contributed by atoms with Gasteiger partial charge in [0.15, 0.2) is 0 Å². The van der Waals surface area contributed by atoms with Gasteiger partial charge in [-0.1, -0.05) is 19.3 Å². The van der Waals surface area contributed by atoms with Crippen molar-refractivity contribution < 1.29 is 9.47 Å². The number of halogens is 1. The van der Waals surface area contributed by atoms with Crippen molar-refractivity contribution in [3.63, 3.8) is 0 Å². The summed E-state index contributed by atoms with van der Waals surface area (Å²) in [5, 5.41) is 3.56. The molecule has 3 nitrogen and oxygen atoms in total. The van der Waals surface area contributed by atoms with E-state index in [1.807, 2.05) is 0 Å². The first-order valence-corrected chi connectivity index (χ1v) is 6.74. The molecule has 1 saturated carbocycles. The lowest BCUT2D eigenvalue weighted by Crippen LogP contribution is -2.49. The number of hydrogen-bond donors (Lipinski definition) is 1. The Balaban J connectivity index is 2.08. The molecule has 16 heavy (non-hydrogen) atoms. The molecule has 0 aromatic heterocycles. The molecule has 1 fully saturated rings. The van der Waals surface area contributed by atoms with Crippen LogP contribution in [0, 0.1) is 0 Å². The third kappa shape index (κ3) is 5.00. The molecule has 0 bridgehead atoms. The third-order valence-corrected chi connectivity index (χ3v) is 3.76. The van der Waals surface area contributed by atoms with Crippen LogP contribution in [0.4, 0.5) is 0 Å². The van der Waals surface area contributed by atoms with E-state index in [0.29, 0.717) is 19.1 Å². The van der Waals surface area contributed by atoms with Crippen molar-refractivity contribution in [2.45, 2.75) is 37.6 Å². The summed E-state index contributed by atoms with van der Waals surface area (Å²) >= 11 is 6.08. The van der Waals surface area contributed by atoms with Crippen LogP contribution in [0.2, 0.25) is 0 Å². The van der Waals surface area contributed by atoms with E-state index in [1.165, 1.54) is 32.1 Å². The van der Waals surface area contributed by atoms with E-state index in [9.17, 15) is 0 Å². The highest BCUT2D eigenvalue weighted by Crippen LogP contribution is 2.28. The molecule has 0 aliphatic heterocycles. The molecule has 1 rings (SSSR count). The second kappa shape index (κ2) is 8.29. The average molecular weight is 250 g/mol. The molecule has 1 aliphatic rings. The van der Waals surface area contributed by atoms with Crippen LogP contribution in [0.3, 0.4) is 0 Å². The fourth-order valence-electron chi connectivity index (χ4n) is 2.22. The van der Waals surface area contributed by atoms with E-state index in [2.05, 4.69) is 5.32 Å². The molecule has 0 heterocycles. The predicted molar refractivity (Wildman–Crippen MR) is 67.2 cm³/mol. The van der Waals surface area contributed by atoms with Gasteiger partial charge in [-0.15, -0.1) is 11.6 Å². The van der Waals surface area contributed by atoms with Gasteiger partial charge >= 0.3 is 0 Å². The van der Waals surface area contributed by atoms with Crippen molar-refractivity contribution in [1.82, 2.24) is 5.32 Å². The van der Waals surface area contributed by atoms with Crippen LogP contribution < -0.4 is 5.32 Å². The standard InChI is InChI=1S/C12H24ClNO2/c1-15-9-10-16-8-7-14-12(11-13)5-3-2-4-6-12/h14H,2-11H2,1H3. The normalized spacial score (nSPS) is 19.9. The molecular formula is C12H24ClNO2. The largest absolute Gasteiger partial charge is 0.382 e. The zero-order valence-electron chi connectivity index (χ0n) is 10.3. The maximum absolute atomic E-state index is 6.08. The Morgan fingerprint density at radius 1 is 1.12 bits per heavy atom. The highest BCUT2D eigenvalue weighted by atomic mass is 35.5. The first-order valence-electron chi connectivity index (χ1n) is 6.21. The lowest BCUT2D eigenvalue weighted by Gasteiger charge is -2.36. The Kier molecular flexibility index (Phi) is 7.37. The Bertz CT molecular complexity index is 172. The second-order valence-corrected chi connectivity index (χ2v) is 4.77. The van der Waals surface area contributed by atoms with Crippen LogP contribution in [-0.4, -0.2) is 44.9 Å². The molecule has 0 aromatic rings. The summed E-state index contributed by atoms with van der Waals surface area (Å²) in [6.45, 7) is 2.96. The molecule has 4 heteroatoms. The van der Waals surface area contributed by atoms with Crippen LogP contribution in [0.25, 0.3) is 0 Å². The topological polar surface area (TPSA) is 30.5 Å². The van der Waals surface area contributed by atoms with Crippen LogP contribution in [-0.2, 0) is 9.47 Å². The minimum atomic E-state index is 0.171. The van der Waals surface area contributed by atoms with E-state index >= 15 is 0 Å².